The van der Waals surface area contributed by atoms with Gasteiger partial charge in [0, 0.05) is 47.0 Å². The van der Waals surface area contributed by atoms with Crippen LogP contribution in [0.5, 0.6) is 0 Å². The fourth-order valence-electron chi connectivity index (χ4n) is 7.32. The van der Waals surface area contributed by atoms with E-state index in [4.69, 9.17) is 11.5 Å². The number of nitrogen functional groups attached to an aromatic ring is 1. The second kappa shape index (κ2) is 11.8. The van der Waals surface area contributed by atoms with Gasteiger partial charge in [-0.15, -0.1) is 0 Å². The Bertz CT molecular complexity index is 2330. The van der Waals surface area contributed by atoms with Crippen LogP contribution < -0.4 is 11.5 Å². The number of nitrogens with zero attached hydrogens (tertiary/aromatic N) is 5. The van der Waals surface area contributed by atoms with Crippen molar-refractivity contribution in [3.05, 3.63) is 94.1 Å². The number of para-hydroxylation sites is 1. The van der Waals surface area contributed by atoms with Crippen molar-refractivity contribution in [1.82, 2.24) is 24.5 Å². The Morgan fingerprint density at radius 1 is 1.08 bits per heavy atom. The predicted molar refractivity (Wildman–Crippen MR) is 175 cm³/mol. The van der Waals surface area contributed by atoms with Gasteiger partial charge in [0.2, 0.25) is 5.91 Å². The van der Waals surface area contributed by atoms with Crippen molar-refractivity contribution in [2.45, 2.75) is 62.3 Å². The van der Waals surface area contributed by atoms with Gasteiger partial charge in [0.25, 0.3) is 5.92 Å². The number of aryl methyl sites for hydroxylation is 1. The van der Waals surface area contributed by atoms with E-state index in [9.17, 15) is 31.9 Å². The molecule has 0 radical (unpaired) electrons. The first kappa shape index (κ1) is 35.0. The van der Waals surface area contributed by atoms with Gasteiger partial charge in [-0.3, -0.25) is 9.48 Å². The maximum Gasteiger partial charge on any atom is 0.435 e. The minimum atomic E-state index is -5.17. The van der Waals surface area contributed by atoms with Crippen LogP contribution in [-0.4, -0.2) is 41.2 Å². The third-order valence-electron chi connectivity index (χ3n) is 9.43. The number of amides is 1. The molecule has 52 heavy (non-hydrogen) atoms. The summed E-state index contributed by atoms with van der Waals surface area (Å²) < 4.78 is 106. The Labute approximate surface area is 291 Å². The van der Waals surface area contributed by atoms with E-state index in [2.05, 4.69) is 27.0 Å². The third kappa shape index (κ3) is 5.92. The largest absolute Gasteiger partial charge is 0.435 e. The first-order valence-corrected chi connectivity index (χ1v) is 16.1. The summed E-state index contributed by atoms with van der Waals surface area (Å²) in [5.41, 5.74) is 8.12. The van der Waals surface area contributed by atoms with Gasteiger partial charge in [0.1, 0.15) is 34.7 Å². The van der Waals surface area contributed by atoms with E-state index in [-0.39, 0.29) is 34.8 Å². The minimum Gasteiger partial charge on any atom is -0.382 e. The van der Waals surface area contributed by atoms with Crippen molar-refractivity contribution in [2.75, 3.05) is 5.73 Å². The average molecular weight is 726 g/mol. The topological polar surface area (TPSA) is 138 Å². The Kier molecular flexibility index (Phi) is 7.94. The molecule has 7 rings (SSSR count). The Balaban J connectivity index is 1.55. The number of aromatic nitrogens is 5. The third-order valence-corrected chi connectivity index (χ3v) is 9.43. The van der Waals surface area contributed by atoms with Gasteiger partial charge in [-0.05, 0) is 74.4 Å². The monoisotopic (exact) mass is 725 g/mol. The van der Waals surface area contributed by atoms with E-state index in [1.807, 2.05) is 0 Å². The lowest BCUT2D eigenvalue weighted by molar-refractivity contribution is -0.142. The number of anilines is 1. The molecule has 0 aliphatic heterocycles. The smallest absolute Gasteiger partial charge is 0.382 e. The van der Waals surface area contributed by atoms with Crippen molar-refractivity contribution >= 4 is 22.6 Å². The molecule has 16 heteroatoms. The number of halogens is 7. The highest BCUT2D eigenvalue weighted by molar-refractivity contribution is 6.00. The lowest BCUT2D eigenvalue weighted by Gasteiger charge is -2.29. The summed E-state index contributed by atoms with van der Waals surface area (Å²) in [4.78, 5) is 18.3. The number of rotatable bonds is 7. The molecule has 0 bridgehead atoms. The second-order valence-corrected chi connectivity index (χ2v) is 13.7. The number of nitrogens with two attached hydrogens (primary N) is 2. The Morgan fingerprint density at radius 3 is 2.40 bits per heavy atom. The van der Waals surface area contributed by atoms with Crippen LogP contribution in [0, 0.1) is 29.4 Å². The first-order valence-electron chi connectivity index (χ1n) is 16.1. The van der Waals surface area contributed by atoms with E-state index >= 15 is 8.78 Å². The molecule has 270 valence electrons. The lowest BCUT2D eigenvalue weighted by Crippen LogP contribution is -2.37. The molecular weight excluding hydrogens is 695 g/mol. The SMILES string of the molecule is Cn1nc(N)c2cccc(-c3ccc(C#CC(C)(C)O)nc3[C@@H](Cc3cc(F)cc(F)c3)C(C(N)=O)n3nc(C(F)(F)F)c4c3C(F)(F)[C@@H]3C[C@H]43)c21. The molecule has 2 aliphatic carbocycles. The molecule has 2 aromatic carbocycles. The van der Waals surface area contributed by atoms with Gasteiger partial charge >= 0.3 is 6.18 Å². The number of alkyl halides is 5. The number of pyridine rings is 1. The van der Waals surface area contributed by atoms with Crippen LogP contribution in [0.25, 0.3) is 22.0 Å². The summed E-state index contributed by atoms with van der Waals surface area (Å²) in [6.45, 7) is 2.82. The number of aliphatic hydroxyl groups is 1. The predicted octanol–water partition coefficient (Wildman–Crippen LogP) is 6.10. The van der Waals surface area contributed by atoms with Gasteiger partial charge in [0.15, 0.2) is 11.5 Å². The van der Waals surface area contributed by atoms with Gasteiger partial charge in [-0.2, -0.15) is 32.1 Å². The van der Waals surface area contributed by atoms with Crippen molar-refractivity contribution in [2.24, 2.45) is 18.7 Å². The highest BCUT2D eigenvalue weighted by Gasteiger charge is 2.69. The van der Waals surface area contributed by atoms with Crippen molar-refractivity contribution < 1.29 is 40.6 Å². The first-order chi connectivity index (χ1) is 24.3. The molecule has 0 saturated heterocycles. The summed E-state index contributed by atoms with van der Waals surface area (Å²) in [7, 11) is 1.61. The average Bonchev–Trinajstić information content (AvgIpc) is 3.58. The zero-order chi connectivity index (χ0) is 37.7. The van der Waals surface area contributed by atoms with Crippen molar-refractivity contribution in [3.8, 4) is 23.0 Å². The molecule has 1 amide bonds. The molecule has 3 heterocycles. The molecule has 1 unspecified atom stereocenters. The number of primary amides is 1. The fraction of sp³-hybridized carbons (Fsp3) is 0.333. The van der Waals surface area contributed by atoms with Crippen LogP contribution in [0.4, 0.5) is 36.6 Å². The summed E-state index contributed by atoms with van der Waals surface area (Å²) in [5.74, 6) is -5.86. The number of fused-ring (bicyclic) bond motifs is 4. The number of hydrogen-bond donors (Lipinski definition) is 3. The molecule has 3 aromatic heterocycles. The molecule has 9 nitrogen and oxygen atoms in total. The molecule has 1 saturated carbocycles. The van der Waals surface area contributed by atoms with Gasteiger partial charge < -0.3 is 16.6 Å². The second-order valence-electron chi connectivity index (χ2n) is 13.7. The normalized spacial score (nSPS) is 18.8. The van der Waals surface area contributed by atoms with Gasteiger partial charge in [-0.25, -0.2) is 18.4 Å². The number of benzene rings is 2. The number of carbonyl (C=O) groups is 1. The molecule has 5 aromatic rings. The van der Waals surface area contributed by atoms with E-state index in [1.165, 1.54) is 30.7 Å². The summed E-state index contributed by atoms with van der Waals surface area (Å²) in [5, 5.41) is 18.7. The van der Waals surface area contributed by atoms with Crippen LogP contribution in [0.2, 0.25) is 0 Å². The van der Waals surface area contributed by atoms with E-state index < -0.39 is 82.4 Å². The van der Waals surface area contributed by atoms with Gasteiger partial charge in [-0.1, -0.05) is 18.1 Å². The molecule has 0 spiro atoms. The Hall–Kier alpha value is -5.43. The van der Waals surface area contributed by atoms with E-state index in [0.717, 1.165) is 12.1 Å². The maximum atomic E-state index is 15.9. The lowest BCUT2D eigenvalue weighted by atomic mass is 9.84. The zero-order valence-corrected chi connectivity index (χ0v) is 27.7. The molecular formula is C36H30F7N7O2. The van der Waals surface area contributed by atoms with Gasteiger partial charge in [0.05, 0.1) is 11.2 Å². The van der Waals surface area contributed by atoms with Crippen LogP contribution in [0.15, 0.2) is 48.5 Å². The summed E-state index contributed by atoms with van der Waals surface area (Å²) in [6.07, 6.45) is -5.91. The number of carbonyl (C=O) groups excluding carboxylic acids is 1. The molecule has 2 aliphatic rings. The molecule has 4 atom stereocenters. The maximum absolute atomic E-state index is 15.9. The fourth-order valence-corrected chi connectivity index (χ4v) is 7.32. The van der Waals surface area contributed by atoms with Crippen LogP contribution in [-0.2, 0) is 30.4 Å². The highest BCUT2D eigenvalue weighted by Crippen LogP contribution is 2.69. The summed E-state index contributed by atoms with van der Waals surface area (Å²) >= 11 is 0. The summed E-state index contributed by atoms with van der Waals surface area (Å²) in [6, 6.07) is 8.37. The Morgan fingerprint density at radius 2 is 1.77 bits per heavy atom. The molecule has 1 fully saturated rings. The van der Waals surface area contributed by atoms with E-state index in [0.29, 0.717) is 27.2 Å². The standard InChI is InChI=1S/C36H30F7N7O2/c1-34(2,52)10-9-19-7-8-20(21-5-4-6-22-28(21)49(3)48-32(22)44)27(46-19)24(13-16-11-17(37)14-18(38)12-16)29(33(45)51)50-31-26(30(47-50)36(41,42)43)23-15-25(23)35(31,39)40/h4-8,11-12,14,23-25,29,52H,13,15H2,1-3H3,(H2,44,48)(H2,45,51)/t23-,24+,25+,29?/m0/s1. The van der Waals surface area contributed by atoms with E-state index in [1.54, 1.807) is 25.2 Å². The molecule has 5 N–H and O–H groups in total. The van der Waals surface area contributed by atoms with Crippen LogP contribution in [0.1, 0.15) is 72.0 Å². The quantitative estimate of drug-likeness (QED) is 0.137. The van der Waals surface area contributed by atoms with Crippen LogP contribution >= 0.6 is 0 Å². The number of hydrogen-bond acceptors (Lipinski definition) is 6. The minimum absolute atomic E-state index is 0.00413. The van der Waals surface area contributed by atoms with Crippen LogP contribution in [0.3, 0.4) is 0 Å². The highest BCUT2D eigenvalue weighted by atomic mass is 19.4. The van der Waals surface area contributed by atoms with Crippen molar-refractivity contribution in [1.29, 1.82) is 0 Å². The van der Waals surface area contributed by atoms with Crippen molar-refractivity contribution in [3.63, 3.8) is 0 Å². The zero-order valence-electron chi connectivity index (χ0n) is 27.7.